The number of amides is 1. The van der Waals surface area contributed by atoms with Crippen LogP contribution in [0.1, 0.15) is 31.7 Å². The van der Waals surface area contributed by atoms with Crippen LogP contribution in [0.4, 0.5) is 5.69 Å². The second-order valence-electron chi connectivity index (χ2n) is 5.25. The van der Waals surface area contributed by atoms with E-state index in [0.717, 1.165) is 25.2 Å². The first-order chi connectivity index (χ1) is 9.78. The second kappa shape index (κ2) is 8.02. The summed E-state index contributed by atoms with van der Waals surface area (Å²) in [5.74, 6) is 0.0139. The Hall–Kier alpha value is -1.39. The van der Waals surface area contributed by atoms with E-state index in [1.54, 1.807) is 0 Å². The number of hydrogen-bond donors (Lipinski definition) is 2. The first-order valence-electron chi connectivity index (χ1n) is 7.49. The van der Waals surface area contributed by atoms with Crippen molar-refractivity contribution in [2.75, 3.05) is 25.0 Å². The molecule has 110 valence electrons. The lowest BCUT2D eigenvalue weighted by Gasteiger charge is -2.23. The number of morpholine rings is 1. The van der Waals surface area contributed by atoms with Gasteiger partial charge in [0.25, 0.3) is 0 Å². The van der Waals surface area contributed by atoms with Crippen LogP contribution in [0.2, 0.25) is 0 Å². The van der Waals surface area contributed by atoms with Gasteiger partial charge in [0.05, 0.1) is 19.1 Å². The average Bonchev–Trinajstić information content (AvgIpc) is 2.47. The predicted octanol–water partition coefficient (Wildman–Crippen LogP) is 2.35. The van der Waals surface area contributed by atoms with Crippen molar-refractivity contribution in [3.8, 4) is 0 Å². The van der Waals surface area contributed by atoms with Gasteiger partial charge in [-0.25, -0.2) is 0 Å². The number of ether oxygens (including phenoxy) is 1. The Balaban J connectivity index is 1.78. The van der Waals surface area contributed by atoms with Crippen molar-refractivity contribution in [2.24, 2.45) is 0 Å². The van der Waals surface area contributed by atoms with Crippen LogP contribution in [-0.4, -0.2) is 31.7 Å². The van der Waals surface area contributed by atoms with E-state index in [1.807, 2.05) is 12.1 Å². The van der Waals surface area contributed by atoms with Gasteiger partial charge in [-0.3, -0.25) is 4.79 Å². The van der Waals surface area contributed by atoms with Gasteiger partial charge in [0, 0.05) is 18.8 Å². The molecule has 1 heterocycles. The maximum absolute atomic E-state index is 11.9. The van der Waals surface area contributed by atoms with Crippen molar-refractivity contribution in [1.29, 1.82) is 0 Å². The van der Waals surface area contributed by atoms with Crippen molar-refractivity contribution in [3.63, 3.8) is 0 Å². The zero-order valence-corrected chi connectivity index (χ0v) is 12.2. The number of aryl methyl sites for hydroxylation is 1. The molecule has 1 aromatic carbocycles. The van der Waals surface area contributed by atoms with Gasteiger partial charge in [0.1, 0.15) is 0 Å². The maximum atomic E-state index is 11.9. The molecule has 1 atom stereocenters. The second-order valence-corrected chi connectivity index (χ2v) is 5.25. The van der Waals surface area contributed by atoms with E-state index in [1.165, 1.54) is 18.4 Å². The Labute approximate surface area is 120 Å². The molecular weight excluding hydrogens is 252 g/mol. The third-order valence-electron chi connectivity index (χ3n) is 3.47. The first kappa shape index (κ1) is 15.0. The van der Waals surface area contributed by atoms with Crippen LogP contribution in [0.3, 0.4) is 0 Å². The molecule has 0 spiro atoms. The molecule has 1 fully saturated rings. The lowest BCUT2D eigenvalue weighted by atomic mass is 10.1. The van der Waals surface area contributed by atoms with Crippen molar-refractivity contribution in [3.05, 3.63) is 29.8 Å². The lowest BCUT2D eigenvalue weighted by molar-refractivity contribution is -0.119. The zero-order valence-electron chi connectivity index (χ0n) is 12.2. The minimum atomic E-state index is -0.00687. The Kier molecular flexibility index (Phi) is 6.02. The van der Waals surface area contributed by atoms with E-state index in [4.69, 9.17) is 4.74 Å². The standard InChI is InChI=1S/C16H24N2O2/c1-2-3-4-13-5-7-14(8-6-13)18-16(19)11-15-12-17-9-10-20-15/h5-8,15,17H,2-4,9-12H2,1H3,(H,18,19)/t15-/m1/s1. The quantitative estimate of drug-likeness (QED) is 0.838. The monoisotopic (exact) mass is 276 g/mol. The fourth-order valence-electron chi connectivity index (χ4n) is 2.31. The molecule has 1 aliphatic rings. The summed E-state index contributed by atoms with van der Waals surface area (Å²) in [6.45, 7) is 4.50. The van der Waals surface area contributed by atoms with E-state index in [-0.39, 0.29) is 12.0 Å². The van der Waals surface area contributed by atoms with E-state index < -0.39 is 0 Å². The van der Waals surface area contributed by atoms with Crippen molar-refractivity contribution >= 4 is 11.6 Å². The minimum Gasteiger partial charge on any atom is -0.375 e. The predicted molar refractivity (Wildman–Crippen MR) is 80.9 cm³/mol. The van der Waals surface area contributed by atoms with Gasteiger partial charge in [0.2, 0.25) is 5.91 Å². The Morgan fingerprint density at radius 2 is 2.20 bits per heavy atom. The van der Waals surface area contributed by atoms with Gasteiger partial charge in [-0.2, -0.15) is 0 Å². The number of rotatable bonds is 6. The van der Waals surface area contributed by atoms with Gasteiger partial charge >= 0.3 is 0 Å². The van der Waals surface area contributed by atoms with Gasteiger partial charge in [-0.05, 0) is 30.5 Å². The fourth-order valence-corrected chi connectivity index (χ4v) is 2.31. The van der Waals surface area contributed by atoms with E-state index in [9.17, 15) is 4.79 Å². The summed E-state index contributed by atoms with van der Waals surface area (Å²) in [7, 11) is 0. The molecule has 1 aliphatic heterocycles. The molecule has 1 saturated heterocycles. The Morgan fingerprint density at radius 1 is 1.40 bits per heavy atom. The van der Waals surface area contributed by atoms with E-state index >= 15 is 0 Å². The summed E-state index contributed by atoms with van der Waals surface area (Å²) in [5.41, 5.74) is 2.18. The Bertz CT molecular complexity index is 411. The summed E-state index contributed by atoms with van der Waals surface area (Å²) in [5, 5.41) is 6.15. The van der Waals surface area contributed by atoms with Crippen molar-refractivity contribution < 1.29 is 9.53 Å². The van der Waals surface area contributed by atoms with Gasteiger partial charge in [-0.15, -0.1) is 0 Å². The number of benzene rings is 1. The highest BCUT2D eigenvalue weighted by atomic mass is 16.5. The van der Waals surface area contributed by atoms with Crippen LogP contribution < -0.4 is 10.6 Å². The van der Waals surface area contributed by atoms with Crippen LogP contribution in [0, 0.1) is 0 Å². The molecule has 4 heteroatoms. The average molecular weight is 276 g/mol. The molecule has 1 amide bonds. The summed E-state index contributed by atoms with van der Waals surface area (Å²) in [4.78, 5) is 11.9. The molecule has 2 N–H and O–H groups in total. The fraction of sp³-hybridized carbons (Fsp3) is 0.562. The largest absolute Gasteiger partial charge is 0.375 e. The molecular formula is C16H24N2O2. The summed E-state index contributed by atoms with van der Waals surface area (Å²) >= 11 is 0. The van der Waals surface area contributed by atoms with Crippen LogP contribution in [0.5, 0.6) is 0 Å². The van der Waals surface area contributed by atoms with Crippen LogP contribution in [0.15, 0.2) is 24.3 Å². The highest BCUT2D eigenvalue weighted by molar-refractivity contribution is 5.91. The van der Waals surface area contributed by atoms with E-state index in [0.29, 0.717) is 13.0 Å². The molecule has 1 aromatic rings. The molecule has 20 heavy (non-hydrogen) atoms. The summed E-state index contributed by atoms with van der Waals surface area (Å²) < 4.78 is 5.53. The number of anilines is 1. The Morgan fingerprint density at radius 3 is 2.85 bits per heavy atom. The van der Waals surface area contributed by atoms with Gasteiger partial charge < -0.3 is 15.4 Å². The third kappa shape index (κ3) is 4.94. The molecule has 0 unspecified atom stereocenters. The first-order valence-corrected chi connectivity index (χ1v) is 7.49. The van der Waals surface area contributed by atoms with Crippen molar-refractivity contribution in [2.45, 2.75) is 38.7 Å². The third-order valence-corrected chi connectivity index (χ3v) is 3.47. The highest BCUT2D eigenvalue weighted by Gasteiger charge is 2.17. The number of unbranched alkanes of at least 4 members (excludes halogenated alkanes) is 1. The number of carbonyl (C=O) groups excluding carboxylic acids is 1. The normalized spacial score (nSPS) is 18.8. The van der Waals surface area contributed by atoms with Crippen LogP contribution in [-0.2, 0) is 16.0 Å². The lowest BCUT2D eigenvalue weighted by Crippen LogP contribution is -2.40. The number of nitrogens with one attached hydrogen (secondary N) is 2. The zero-order chi connectivity index (χ0) is 14.2. The molecule has 0 aliphatic carbocycles. The number of hydrogen-bond acceptors (Lipinski definition) is 3. The molecule has 0 aromatic heterocycles. The molecule has 0 bridgehead atoms. The van der Waals surface area contributed by atoms with Crippen LogP contribution in [0.25, 0.3) is 0 Å². The molecule has 0 radical (unpaired) electrons. The van der Waals surface area contributed by atoms with Crippen molar-refractivity contribution in [1.82, 2.24) is 5.32 Å². The SMILES string of the molecule is CCCCc1ccc(NC(=O)C[C@@H]2CNCCO2)cc1. The molecule has 4 nitrogen and oxygen atoms in total. The van der Waals surface area contributed by atoms with Crippen LogP contribution >= 0.6 is 0 Å². The minimum absolute atomic E-state index is 0.00687. The van der Waals surface area contributed by atoms with E-state index in [2.05, 4.69) is 29.7 Å². The summed E-state index contributed by atoms with van der Waals surface area (Å²) in [6.07, 6.45) is 3.91. The maximum Gasteiger partial charge on any atom is 0.227 e. The summed E-state index contributed by atoms with van der Waals surface area (Å²) in [6, 6.07) is 8.12. The topological polar surface area (TPSA) is 50.4 Å². The van der Waals surface area contributed by atoms with Gasteiger partial charge in [-0.1, -0.05) is 25.5 Å². The highest BCUT2D eigenvalue weighted by Crippen LogP contribution is 2.13. The molecule has 2 rings (SSSR count). The smallest absolute Gasteiger partial charge is 0.227 e. The number of carbonyl (C=O) groups is 1. The van der Waals surface area contributed by atoms with Gasteiger partial charge in [0.15, 0.2) is 0 Å². The molecule has 0 saturated carbocycles.